The van der Waals surface area contributed by atoms with Crippen LogP contribution in [-0.4, -0.2) is 64.6 Å². The summed E-state index contributed by atoms with van der Waals surface area (Å²) in [6.45, 7) is 4.00. The van der Waals surface area contributed by atoms with E-state index in [-0.39, 0.29) is 24.9 Å². The third kappa shape index (κ3) is 6.84. The van der Waals surface area contributed by atoms with Crippen molar-refractivity contribution in [2.75, 3.05) is 23.0 Å². The summed E-state index contributed by atoms with van der Waals surface area (Å²) in [4.78, 5) is 24.1. The highest BCUT2D eigenvalue weighted by molar-refractivity contribution is 8.01. The second kappa shape index (κ2) is 10.2. The predicted octanol–water partition coefficient (Wildman–Crippen LogP) is -1.90. The lowest BCUT2D eigenvalue weighted by Gasteiger charge is -2.20. The SMILES string of the molecule is Bc1cc(B)c(OC(=O)CCC(=O)OC2CSCC(=C)CSC2)c(B)c1. The Morgan fingerprint density at radius 1 is 1.04 bits per heavy atom. The first-order chi connectivity index (χ1) is 12.3. The third-order valence-corrected chi connectivity index (χ3v) is 6.31. The Hall–Kier alpha value is -1.21. The number of ether oxygens (including phenoxy) is 2. The topological polar surface area (TPSA) is 52.6 Å². The maximum absolute atomic E-state index is 12.1. The van der Waals surface area contributed by atoms with Crippen LogP contribution in [0.25, 0.3) is 0 Å². The van der Waals surface area contributed by atoms with Gasteiger partial charge in [0.2, 0.25) is 0 Å². The van der Waals surface area contributed by atoms with Crippen molar-refractivity contribution in [3.8, 4) is 5.75 Å². The van der Waals surface area contributed by atoms with Crippen molar-refractivity contribution in [3.63, 3.8) is 0 Å². The summed E-state index contributed by atoms with van der Waals surface area (Å²) in [5.74, 6) is 3.18. The average Bonchev–Trinajstić information content (AvgIpc) is 2.54. The van der Waals surface area contributed by atoms with Gasteiger partial charge in [0.05, 0.1) is 12.8 Å². The Balaban J connectivity index is 1.78. The minimum Gasteiger partial charge on any atom is -0.461 e. The van der Waals surface area contributed by atoms with Crippen molar-refractivity contribution in [3.05, 3.63) is 24.3 Å². The first-order valence-corrected chi connectivity index (χ1v) is 11.0. The molecule has 0 unspecified atom stereocenters. The van der Waals surface area contributed by atoms with Crippen molar-refractivity contribution >= 4 is 75.4 Å². The summed E-state index contributed by atoms with van der Waals surface area (Å²) in [5.41, 5.74) is 4.18. The number of thioether (sulfide) groups is 2. The molecule has 0 aliphatic carbocycles. The average molecular weight is 388 g/mol. The molecule has 136 valence electrons. The van der Waals surface area contributed by atoms with Gasteiger partial charge in [-0.25, -0.2) is 0 Å². The van der Waals surface area contributed by atoms with E-state index >= 15 is 0 Å². The van der Waals surface area contributed by atoms with E-state index in [1.165, 1.54) is 5.57 Å². The molecular weight excluding hydrogens is 365 g/mol. The Morgan fingerprint density at radius 2 is 1.58 bits per heavy atom. The van der Waals surface area contributed by atoms with Crippen molar-refractivity contribution in [1.82, 2.24) is 0 Å². The van der Waals surface area contributed by atoms with Crippen LogP contribution in [0.5, 0.6) is 5.75 Å². The molecular formula is C17H23B3O4S2. The zero-order valence-electron chi connectivity index (χ0n) is 15.6. The summed E-state index contributed by atoms with van der Waals surface area (Å²) in [5, 5.41) is 0. The van der Waals surface area contributed by atoms with Crippen molar-refractivity contribution in [2.24, 2.45) is 0 Å². The molecule has 1 aliphatic rings. The van der Waals surface area contributed by atoms with E-state index in [0.29, 0.717) is 5.75 Å². The molecule has 4 nitrogen and oxygen atoms in total. The molecule has 0 bridgehead atoms. The molecule has 0 N–H and O–H groups in total. The van der Waals surface area contributed by atoms with Crippen LogP contribution in [0.15, 0.2) is 24.3 Å². The van der Waals surface area contributed by atoms with E-state index in [1.807, 2.05) is 35.7 Å². The van der Waals surface area contributed by atoms with Crippen LogP contribution in [0.3, 0.4) is 0 Å². The highest BCUT2D eigenvalue weighted by Crippen LogP contribution is 2.21. The van der Waals surface area contributed by atoms with Crippen LogP contribution in [0.1, 0.15) is 12.8 Å². The van der Waals surface area contributed by atoms with E-state index in [2.05, 4.69) is 6.58 Å². The van der Waals surface area contributed by atoms with Gasteiger partial charge in [0.25, 0.3) is 0 Å². The summed E-state index contributed by atoms with van der Waals surface area (Å²) < 4.78 is 11.0. The van der Waals surface area contributed by atoms with Gasteiger partial charge in [0.1, 0.15) is 35.4 Å². The smallest absolute Gasteiger partial charge is 0.311 e. The van der Waals surface area contributed by atoms with Crippen LogP contribution in [-0.2, 0) is 14.3 Å². The molecule has 0 atom stereocenters. The lowest BCUT2D eigenvalue weighted by Crippen LogP contribution is -2.29. The fraction of sp³-hybridized carbons (Fsp3) is 0.412. The number of carbonyl (C=O) groups is 2. The van der Waals surface area contributed by atoms with Gasteiger partial charge in [-0.3, -0.25) is 9.59 Å². The Labute approximate surface area is 166 Å². The minimum absolute atomic E-state index is 0.0232. The number of carbonyl (C=O) groups excluding carboxylic acids is 2. The molecule has 1 heterocycles. The lowest BCUT2D eigenvalue weighted by atomic mass is 9.79. The molecule has 0 radical (unpaired) electrons. The van der Waals surface area contributed by atoms with Gasteiger partial charge in [-0.15, -0.1) is 0 Å². The highest BCUT2D eigenvalue weighted by atomic mass is 32.2. The van der Waals surface area contributed by atoms with Crippen LogP contribution >= 0.6 is 23.5 Å². The zero-order valence-corrected chi connectivity index (χ0v) is 17.3. The zero-order chi connectivity index (χ0) is 19.1. The van der Waals surface area contributed by atoms with Crippen LogP contribution in [0, 0.1) is 0 Å². The second-order valence-electron chi connectivity index (χ2n) is 6.59. The quantitative estimate of drug-likeness (QED) is 0.254. The largest absolute Gasteiger partial charge is 0.461 e. The molecule has 1 saturated heterocycles. The maximum atomic E-state index is 12.1. The molecule has 1 aliphatic heterocycles. The molecule has 0 saturated carbocycles. The van der Waals surface area contributed by atoms with Gasteiger partial charge in [0, 0.05) is 23.0 Å². The monoisotopic (exact) mass is 388 g/mol. The van der Waals surface area contributed by atoms with E-state index < -0.39 is 5.97 Å². The molecule has 0 amide bonds. The fourth-order valence-corrected chi connectivity index (χ4v) is 4.96. The second-order valence-corrected chi connectivity index (χ2v) is 8.65. The molecule has 1 fully saturated rings. The van der Waals surface area contributed by atoms with E-state index in [9.17, 15) is 9.59 Å². The normalized spacial score (nSPS) is 15.8. The predicted molar refractivity (Wildman–Crippen MR) is 120 cm³/mol. The van der Waals surface area contributed by atoms with Crippen LogP contribution in [0.2, 0.25) is 0 Å². The van der Waals surface area contributed by atoms with Crippen molar-refractivity contribution in [2.45, 2.75) is 18.9 Å². The molecule has 2 rings (SSSR count). The molecule has 0 spiro atoms. The standard InChI is InChI=1S/C17H23B3O4S2/c1-10-6-25-8-12(9-26-7-10)23-15(21)2-3-16(22)24-17-13(19)4-11(18)5-14(17)20/h4-5,12H,1-3,6-9,18-20H2. The van der Waals surface area contributed by atoms with Gasteiger partial charge in [-0.2, -0.15) is 23.5 Å². The number of hydrogen-bond acceptors (Lipinski definition) is 6. The Kier molecular flexibility index (Phi) is 8.29. The number of esters is 2. The molecule has 1 aromatic carbocycles. The van der Waals surface area contributed by atoms with Gasteiger partial charge < -0.3 is 9.47 Å². The molecule has 0 aromatic heterocycles. The third-order valence-electron chi connectivity index (χ3n) is 3.87. The van der Waals surface area contributed by atoms with Gasteiger partial charge in [0.15, 0.2) is 0 Å². The van der Waals surface area contributed by atoms with Crippen molar-refractivity contribution in [1.29, 1.82) is 0 Å². The van der Waals surface area contributed by atoms with E-state index in [0.717, 1.165) is 39.4 Å². The maximum Gasteiger partial charge on any atom is 0.311 e. The Bertz CT molecular complexity index is 662. The number of benzene rings is 1. The number of hydrogen-bond donors (Lipinski definition) is 0. The van der Waals surface area contributed by atoms with Crippen LogP contribution < -0.4 is 21.1 Å². The van der Waals surface area contributed by atoms with Gasteiger partial charge in [-0.1, -0.05) is 29.7 Å². The number of rotatable bonds is 5. The summed E-state index contributed by atoms with van der Waals surface area (Å²) >= 11 is 3.47. The first-order valence-electron chi connectivity index (χ1n) is 8.65. The first kappa shape index (κ1) is 21.1. The molecule has 9 heteroatoms. The van der Waals surface area contributed by atoms with Gasteiger partial charge in [-0.05, 0) is 10.9 Å². The molecule has 26 heavy (non-hydrogen) atoms. The van der Waals surface area contributed by atoms with Crippen LogP contribution in [0.4, 0.5) is 0 Å². The van der Waals surface area contributed by atoms with E-state index in [1.54, 1.807) is 23.5 Å². The summed E-state index contributed by atoms with van der Waals surface area (Å²) in [6.07, 6.45) is -0.0419. The fourth-order valence-electron chi connectivity index (χ4n) is 2.77. The summed E-state index contributed by atoms with van der Waals surface area (Å²) in [7, 11) is 5.83. The van der Waals surface area contributed by atoms with Crippen molar-refractivity contribution < 1.29 is 19.1 Å². The van der Waals surface area contributed by atoms with Gasteiger partial charge >= 0.3 is 11.9 Å². The minimum atomic E-state index is -0.408. The van der Waals surface area contributed by atoms with E-state index in [4.69, 9.17) is 9.47 Å². The summed E-state index contributed by atoms with van der Waals surface area (Å²) in [6, 6.07) is 3.95. The highest BCUT2D eigenvalue weighted by Gasteiger charge is 2.19. The Morgan fingerprint density at radius 3 is 2.15 bits per heavy atom. The molecule has 1 aromatic rings. The lowest BCUT2D eigenvalue weighted by molar-refractivity contribution is -0.149.